The van der Waals surface area contributed by atoms with Crippen LogP contribution in [0.1, 0.15) is 163 Å². The Balaban J connectivity index is 1.01. The lowest BCUT2D eigenvalue weighted by atomic mass is 9.70. The molecule has 3 aliphatic rings. The zero-order valence-corrected chi connectivity index (χ0v) is 48.3. The number of fused-ring (bicyclic) bond motifs is 19. The largest absolute Gasteiger partial charge is 0.455 e. The van der Waals surface area contributed by atoms with Gasteiger partial charge in [0.2, 0.25) is 0 Å². The van der Waals surface area contributed by atoms with E-state index in [1.54, 1.807) is 0 Å². The van der Waals surface area contributed by atoms with Crippen LogP contribution in [-0.4, -0.2) is 0 Å². The number of rotatable bonds is 16. The molecule has 0 amide bonds. The molecular weight excluding hydrogens is 971 g/mol. The summed E-state index contributed by atoms with van der Waals surface area (Å²) in [7, 11) is 0. The van der Waals surface area contributed by atoms with Crippen LogP contribution in [0.2, 0.25) is 0 Å². The van der Waals surface area contributed by atoms with Crippen molar-refractivity contribution in [1.82, 2.24) is 0 Å². The van der Waals surface area contributed by atoms with Crippen molar-refractivity contribution in [2.45, 2.75) is 149 Å². The van der Waals surface area contributed by atoms with Gasteiger partial charge in [-0.1, -0.05) is 227 Å². The van der Waals surface area contributed by atoms with Crippen LogP contribution in [0.5, 0.6) is 0 Å². The summed E-state index contributed by atoms with van der Waals surface area (Å²) in [5.74, 6) is 0. The van der Waals surface area contributed by atoms with E-state index in [1.165, 1.54) is 192 Å². The van der Waals surface area contributed by atoms with E-state index in [9.17, 15) is 0 Å². The molecule has 0 unspecified atom stereocenters. The van der Waals surface area contributed by atoms with Gasteiger partial charge in [-0.15, -0.1) is 0 Å². The second-order valence-electron chi connectivity index (χ2n) is 25.1. The van der Waals surface area contributed by atoms with Gasteiger partial charge in [0.25, 0.3) is 0 Å². The van der Waals surface area contributed by atoms with Gasteiger partial charge < -0.3 is 13.7 Å². The molecule has 2 heterocycles. The molecule has 0 N–H and O–H groups in total. The first kappa shape index (κ1) is 50.6. The van der Waals surface area contributed by atoms with Crippen molar-refractivity contribution >= 4 is 60.9 Å². The second kappa shape index (κ2) is 19.3. The molecule has 3 heteroatoms. The molecule has 11 aromatic rings. The van der Waals surface area contributed by atoms with E-state index in [4.69, 9.17) is 8.83 Å². The minimum Gasteiger partial charge on any atom is -0.455 e. The average Bonchev–Trinajstić information content (AvgIpc) is 4.43. The lowest BCUT2D eigenvalue weighted by Gasteiger charge is -2.35. The number of anilines is 3. The lowest BCUT2D eigenvalue weighted by molar-refractivity contribution is 0.399. The SMILES string of the molecule is CCCCCCCC1(CCCCCCC)c2cc(N(c3ccc4c(c3)C(C)(C)c3c5c(c6oc7ccccc7c6c3-4)-c3ccccc3C5(C)C)c3c(C)cccc3C)ccc2-c2c1cc(-c1ccccc1)c1oc3ccccc3c21. The van der Waals surface area contributed by atoms with Gasteiger partial charge in [0.1, 0.15) is 22.3 Å². The van der Waals surface area contributed by atoms with Gasteiger partial charge in [0.05, 0.1) is 5.69 Å². The van der Waals surface area contributed by atoms with Crippen LogP contribution in [0.3, 0.4) is 0 Å². The summed E-state index contributed by atoms with van der Waals surface area (Å²) in [6, 6.07) is 62.1. The van der Waals surface area contributed by atoms with Crippen molar-refractivity contribution in [2.75, 3.05) is 4.90 Å². The minimum atomic E-state index is -0.331. The van der Waals surface area contributed by atoms with E-state index in [2.05, 4.69) is 224 Å². The first-order valence-electron chi connectivity index (χ1n) is 30.3. The molecule has 0 spiro atoms. The van der Waals surface area contributed by atoms with Gasteiger partial charge in [-0.25, -0.2) is 0 Å². The maximum Gasteiger partial charge on any atom is 0.144 e. The van der Waals surface area contributed by atoms with Crippen molar-refractivity contribution in [3.8, 4) is 44.5 Å². The maximum atomic E-state index is 7.07. The molecule has 3 nitrogen and oxygen atoms in total. The zero-order chi connectivity index (χ0) is 54.7. The summed E-state index contributed by atoms with van der Waals surface area (Å²) < 4.78 is 14.1. The summed E-state index contributed by atoms with van der Waals surface area (Å²) in [5, 5.41) is 4.88. The summed E-state index contributed by atoms with van der Waals surface area (Å²) in [6.45, 7) is 19.1. The van der Waals surface area contributed by atoms with Crippen molar-refractivity contribution in [2.24, 2.45) is 0 Å². The van der Waals surface area contributed by atoms with Crippen molar-refractivity contribution in [3.63, 3.8) is 0 Å². The van der Waals surface area contributed by atoms with Crippen LogP contribution < -0.4 is 4.90 Å². The molecule has 0 aliphatic heterocycles. The number of benzene rings is 9. The Kier molecular flexibility index (Phi) is 12.2. The number of nitrogens with zero attached hydrogens (tertiary/aromatic N) is 1. The highest BCUT2D eigenvalue weighted by atomic mass is 16.3. The van der Waals surface area contributed by atoms with Crippen molar-refractivity contribution in [3.05, 3.63) is 208 Å². The summed E-state index contributed by atoms with van der Waals surface area (Å²) >= 11 is 0. The predicted molar refractivity (Wildman–Crippen MR) is 339 cm³/mol. The summed E-state index contributed by atoms with van der Waals surface area (Å²) in [5.41, 5.74) is 28.2. The van der Waals surface area contributed by atoms with Gasteiger partial charge in [-0.05, 0) is 147 Å². The summed E-state index contributed by atoms with van der Waals surface area (Å²) in [4.78, 5) is 2.63. The number of hydrogen-bond donors (Lipinski definition) is 0. The molecule has 80 heavy (non-hydrogen) atoms. The Morgan fingerprint density at radius 1 is 0.400 bits per heavy atom. The Labute approximate surface area is 473 Å². The normalized spacial score (nSPS) is 14.9. The molecule has 0 fully saturated rings. The Bertz CT molecular complexity index is 4220. The lowest BCUT2D eigenvalue weighted by Crippen LogP contribution is -2.26. The molecule has 9 aromatic carbocycles. The average molecular weight is 1050 g/mol. The number of para-hydroxylation sites is 3. The van der Waals surface area contributed by atoms with Gasteiger partial charge in [-0.2, -0.15) is 0 Å². The predicted octanol–water partition coefficient (Wildman–Crippen LogP) is 22.8. The quantitative estimate of drug-likeness (QED) is 0.0903. The Hall–Kier alpha value is -7.62. The van der Waals surface area contributed by atoms with Gasteiger partial charge in [0.15, 0.2) is 0 Å². The number of unbranched alkanes of at least 4 members (excludes halogenated alkanes) is 8. The third kappa shape index (κ3) is 7.44. The maximum absolute atomic E-state index is 7.07. The molecule has 0 radical (unpaired) electrons. The highest BCUT2D eigenvalue weighted by Crippen LogP contribution is 2.65. The molecule has 0 atom stereocenters. The number of aryl methyl sites for hydroxylation is 2. The number of hydrogen-bond acceptors (Lipinski definition) is 3. The second-order valence-corrected chi connectivity index (χ2v) is 25.1. The fourth-order valence-corrected chi connectivity index (χ4v) is 15.8. The smallest absolute Gasteiger partial charge is 0.144 e. The van der Waals surface area contributed by atoms with Crippen molar-refractivity contribution < 1.29 is 8.83 Å². The van der Waals surface area contributed by atoms with E-state index >= 15 is 0 Å². The van der Waals surface area contributed by atoms with Crippen LogP contribution in [-0.2, 0) is 16.2 Å². The number of furan rings is 2. The fraction of sp³-hybridized carbons (Fsp3) is 0.299. The monoisotopic (exact) mass is 1050 g/mol. The molecule has 14 rings (SSSR count). The molecule has 400 valence electrons. The molecule has 0 bridgehead atoms. The van der Waals surface area contributed by atoms with Crippen LogP contribution in [0.25, 0.3) is 88.4 Å². The minimum absolute atomic E-state index is 0.202. The standard InChI is InChI=1S/C77H75NO2/c1-9-11-13-15-26-43-77(44-27-16-14-12-10-2)61-46-52(40-42-55(61)65-62(77)47-58(50-31-18-17-19-32-50)73-67(65)56-34-21-24-37-63(56)79-73)78(72-48(3)29-28-30-49(72)4)51-39-41-54-60(45-51)76(7,8)70-66(54)68-57-35-22-25-38-64(57)80-74(68)69-53-33-20-23-36-59(53)75(5,6)71(69)70/h17-25,28-42,45-47H,9-16,26-27,43-44H2,1-8H3. The first-order chi connectivity index (χ1) is 39.0. The molecular formula is C77H75NO2. The highest BCUT2D eigenvalue weighted by molar-refractivity contribution is 6.21. The highest BCUT2D eigenvalue weighted by Gasteiger charge is 2.49. The van der Waals surface area contributed by atoms with E-state index in [0.717, 1.165) is 35.2 Å². The van der Waals surface area contributed by atoms with Crippen molar-refractivity contribution in [1.29, 1.82) is 0 Å². The van der Waals surface area contributed by atoms with E-state index in [-0.39, 0.29) is 16.2 Å². The van der Waals surface area contributed by atoms with Gasteiger partial charge in [-0.3, -0.25) is 0 Å². The van der Waals surface area contributed by atoms with Crippen LogP contribution >= 0.6 is 0 Å². The third-order valence-electron chi connectivity index (χ3n) is 19.5. The van der Waals surface area contributed by atoms with Crippen LogP contribution in [0.4, 0.5) is 17.1 Å². The first-order valence-corrected chi connectivity index (χ1v) is 30.3. The topological polar surface area (TPSA) is 29.5 Å². The van der Waals surface area contributed by atoms with E-state index in [1.807, 2.05) is 0 Å². The van der Waals surface area contributed by atoms with Gasteiger partial charge >= 0.3 is 0 Å². The van der Waals surface area contributed by atoms with E-state index in [0.29, 0.717) is 0 Å². The fourth-order valence-electron chi connectivity index (χ4n) is 15.8. The Morgan fingerprint density at radius 3 is 1.56 bits per heavy atom. The zero-order valence-electron chi connectivity index (χ0n) is 48.3. The Morgan fingerprint density at radius 2 is 0.912 bits per heavy atom. The van der Waals surface area contributed by atoms with E-state index < -0.39 is 0 Å². The van der Waals surface area contributed by atoms with Gasteiger partial charge in [0, 0.05) is 60.3 Å². The molecule has 0 saturated carbocycles. The third-order valence-corrected chi connectivity index (χ3v) is 19.5. The van der Waals surface area contributed by atoms with Crippen LogP contribution in [0, 0.1) is 13.8 Å². The molecule has 3 aliphatic carbocycles. The van der Waals surface area contributed by atoms with Crippen LogP contribution in [0.15, 0.2) is 173 Å². The molecule has 0 saturated heterocycles. The molecule has 2 aromatic heterocycles. The summed E-state index contributed by atoms with van der Waals surface area (Å²) in [6.07, 6.45) is 14.7.